The van der Waals surface area contributed by atoms with E-state index in [4.69, 9.17) is 4.74 Å². The number of benzene rings is 2. The third kappa shape index (κ3) is 5.02. The molecule has 160 valence electrons. The Labute approximate surface area is 180 Å². The van der Waals surface area contributed by atoms with Gasteiger partial charge in [0.15, 0.2) is 5.78 Å². The number of aliphatic hydroxyl groups excluding tert-OH is 1. The summed E-state index contributed by atoms with van der Waals surface area (Å²) in [6.07, 6.45) is 2.08. The van der Waals surface area contributed by atoms with Gasteiger partial charge < -0.3 is 9.84 Å². The minimum absolute atomic E-state index is 0.0177. The highest BCUT2D eigenvalue weighted by molar-refractivity contribution is 5.98. The number of ether oxygens (including phenoxy) is 1. The second-order valence-electron chi connectivity index (χ2n) is 9.75. The molecule has 0 saturated carbocycles. The zero-order valence-corrected chi connectivity index (χ0v) is 18.9. The SMILES string of the molecule is CC(Cc1ccc(C(C)(C)C)cc1)C(=O)C1=C(O)C(C)(CCc2ccccc2)OC1. The standard InChI is InChI=1S/C27H34O3/c1-19(17-21-11-13-22(14-12-21)26(2,3)4)24(28)23-18-30-27(5,25(23)29)16-15-20-9-7-6-8-10-20/h6-14,19,29H,15-18H2,1-5H3. The van der Waals surface area contributed by atoms with Gasteiger partial charge in [-0.3, -0.25) is 4.79 Å². The van der Waals surface area contributed by atoms with Gasteiger partial charge in [-0.25, -0.2) is 0 Å². The maximum Gasteiger partial charge on any atom is 0.167 e. The van der Waals surface area contributed by atoms with Crippen LogP contribution in [0.3, 0.4) is 0 Å². The van der Waals surface area contributed by atoms with Crippen LogP contribution in [0.15, 0.2) is 65.9 Å². The van der Waals surface area contributed by atoms with Gasteiger partial charge in [0.05, 0.1) is 12.2 Å². The predicted molar refractivity (Wildman–Crippen MR) is 122 cm³/mol. The molecule has 3 heteroatoms. The Morgan fingerprint density at radius 1 is 1.07 bits per heavy atom. The fraction of sp³-hybridized carbons (Fsp3) is 0.444. The number of Topliss-reactive ketones (excluding diaryl/α,β-unsaturated/α-hetero) is 1. The second-order valence-corrected chi connectivity index (χ2v) is 9.75. The molecule has 2 aromatic rings. The van der Waals surface area contributed by atoms with E-state index in [-0.39, 0.29) is 29.5 Å². The number of hydrogen-bond acceptors (Lipinski definition) is 3. The molecule has 1 aliphatic heterocycles. The van der Waals surface area contributed by atoms with Crippen LogP contribution in [0.1, 0.15) is 57.7 Å². The van der Waals surface area contributed by atoms with Crippen LogP contribution in [0.5, 0.6) is 0 Å². The summed E-state index contributed by atoms with van der Waals surface area (Å²) in [5, 5.41) is 10.8. The van der Waals surface area contributed by atoms with E-state index in [0.29, 0.717) is 18.4 Å². The first kappa shape index (κ1) is 22.3. The predicted octanol–water partition coefficient (Wildman–Crippen LogP) is 5.97. The monoisotopic (exact) mass is 406 g/mol. The lowest BCUT2D eigenvalue weighted by atomic mass is 9.85. The van der Waals surface area contributed by atoms with Crippen molar-refractivity contribution < 1.29 is 14.6 Å². The number of carbonyl (C=O) groups is 1. The first-order valence-electron chi connectivity index (χ1n) is 10.8. The van der Waals surface area contributed by atoms with Crippen LogP contribution >= 0.6 is 0 Å². The lowest BCUT2D eigenvalue weighted by Crippen LogP contribution is -2.28. The van der Waals surface area contributed by atoms with E-state index in [1.165, 1.54) is 11.1 Å². The normalized spacial score (nSPS) is 20.4. The summed E-state index contributed by atoms with van der Waals surface area (Å²) >= 11 is 0. The van der Waals surface area contributed by atoms with Crippen molar-refractivity contribution in [2.75, 3.05) is 6.61 Å². The Hall–Kier alpha value is -2.39. The average molecular weight is 407 g/mol. The Morgan fingerprint density at radius 3 is 2.30 bits per heavy atom. The van der Waals surface area contributed by atoms with Crippen LogP contribution in [-0.4, -0.2) is 23.1 Å². The van der Waals surface area contributed by atoms with Gasteiger partial charge in [-0.05, 0) is 48.3 Å². The van der Waals surface area contributed by atoms with Crippen LogP contribution in [0.2, 0.25) is 0 Å². The Kier molecular flexibility index (Phi) is 6.52. The second kappa shape index (κ2) is 8.77. The number of aryl methyl sites for hydroxylation is 1. The molecule has 0 radical (unpaired) electrons. The van der Waals surface area contributed by atoms with Crippen LogP contribution in [-0.2, 0) is 27.8 Å². The largest absolute Gasteiger partial charge is 0.509 e. The van der Waals surface area contributed by atoms with Gasteiger partial charge in [-0.2, -0.15) is 0 Å². The van der Waals surface area contributed by atoms with E-state index in [2.05, 4.69) is 57.2 Å². The quantitative estimate of drug-likeness (QED) is 0.616. The third-order valence-corrected chi connectivity index (χ3v) is 6.16. The molecule has 1 aliphatic rings. The molecule has 0 spiro atoms. The van der Waals surface area contributed by atoms with Crippen molar-refractivity contribution in [3.8, 4) is 0 Å². The van der Waals surface area contributed by atoms with E-state index in [1.807, 2.05) is 32.0 Å². The molecule has 2 unspecified atom stereocenters. The minimum atomic E-state index is -0.797. The highest BCUT2D eigenvalue weighted by Gasteiger charge is 2.41. The van der Waals surface area contributed by atoms with E-state index < -0.39 is 5.60 Å². The van der Waals surface area contributed by atoms with Gasteiger partial charge in [0.2, 0.25) is 0 Å². The molecule has 0 fully saturated rings. The fourth-order valence-electron chi connectivity index (χ4n) is 3.98. The van der Waals surface area contributed by atoms with Gasteiger partial charge >= 0.3 is 0 Å². The van der Waals surface area contributed by atoms with Gasteiger partial charge in [0, 0.05) is 5.92 Å². The molecular formula is C27H34O3. The first-order valence-corrected chi connectivity index (χ1v) is 10.8. The van der Waals surface area contributed by atoms with Crippen molar-refractivity contribution in [2.45, 2.75) is 64.9 Å². The highest BCUT2D eigenvalue weighted by atomic mass is 16.5. The molecule has 0 amide bonds. The van der Waals surface area contributed by atoms with Gasteiger partial charge in [0.25, 0.3) is 0 Å². The van der Waals surface area contributed by atoms with E-state index >= 15 is 0 Å². The topological polar surface area (TPSA) is 46.5 Å². The average Bonchev–Trinajstić information content (AvgIpc) is 3.01. The van der Waals surface area contributed by atoms with Crippen molar-refractivity contribution in [1.29, 1.82) is 0 Å². The van der Waals surface area contributed by atoms with Crippen molar-refractivity contribution in [2.24, 2.45) is 5.92 Å². The van der Waals surface area contributed by atoms with E-state index in [1.54, 1.807) is 0 Å². The molecule has 2 atom stereocenters. The molecular weight excluding hydrogens is 372 g/mol. The van der Waals surface area contributed by atoms with Crippen LogP contribution < -0.4 is 0 Å². The Morgan fingerprint density at radius 2 is 1.70 bits per heavy atom. The van der Waals surface area contributed by atoms with Crippen LogP contribution in [0, 0.1) is 5.92 Å². The molecule has 0 saturated heterocycles. The van der Waals surface area contributed by atoms with Gasteiger partial charge in [-0.1, -0.05) is 82.3 Å². The maximum atomic E-state index is 13.1. The summed E-state index contributed by atoms with van der Waals surface area (Å²) in [7, 11) is 0. The number of carbonyl (C=O) groups excluding carboxylic acids is 1. The number of aliphatic hydroxyl groups is 1. The lowest BCUT2D eigenvalue weighted by molar-refractivity contribution is -0.119. The maximum absolute atomic E-state index is 13.1. The van der Waals surface area contributed by atoms with Crippen molar-refractivity contribution in [1.82, 2.24) is 0 Å². The molecule has 3 nitrogen and oxygen atoms in total. The summed E-state index contributed by atoms with van der Waals surface area (Å²) in [6, 6.07) is 18.6. The van der Waals surface area contributed by atoms with Gasteiger partial charge in [0.1, 0.15) is 11.4 Å². The van der Waals surface area contributed by atoms with Crippen molar-refractivity contribution >= 4 is 5.78 Å². The fourth-order valence-corrected chi connectivity index (χ4v) is 3.98. The molecule has 1 N–H and O–H groups in total. The molecule has 2 aromatic carbocycles. The third-order valence-electron chi connectivity index (χ3n) is 6.16. The van der Waals surface area contributed by atoms with Crippen molar-refractivity contribution in [3.05, 3.63) is 82.6 Å². The molecule has 30 heavy (non-hydrogen) atoms. The number of hydrogen-bond donors (Lipinski definition) is 1. The zero-order chi connectivity index (χ0) is 21.9. The Balaban J connectivity index is 1.66. The molecule has 0 aromatic heterocycles. The highest BCUT2D eigenvalue weighted by Crippen LogP contribution is 2.35. The molecule has 3 rings (SSSR count). The zero-order valence-electron chi connectivity index (χ0n) is 18.9. The minimum Gasteiger partial charge on any atom is -0.509 e. The number of ketones is 1. The van der Waals surface area contributed by atoms with E-state index in [0.717, 1.165) is 12.0 Å². The number of rotatable bonds is 7. The summed E-state index contributed by atoms with van der Waals surface area (Å²) in [6.45, 7) is 10.6. The summed E-state index contributed by atoms with van der Waals surface area (Å²) in [5.41, 5.74) is 3.36. The summed E-state index contributed by atoms with van der Waals surface area (Å²) < 4.78 is 5.92. The smallest absolute Gasteiger partial charge is 0.167 e. The lowest BCUT2D eigenvalue weighted by Gasteiger charge is -2.23. The Bertz CT molecular complexity index is 903. The molecule has 0 bridgehead atoms. The molecule has 1 heterocycles. The molecule has 0 aliphatic carbocycles. The van der Waals surface area contributed by atoms with Crippen molar-refractivity contribution in [3.63, 3.8) is 0 Å². The summed E-state index contributed by atoms with van der Waals surface area (Å²) in [5.74, 6) is -0.114. The van der Waals surface area contributed by atoms with Crippen LogP contribution in [0.25, 0.3) is 0 Å². The summed E-state index contributed by atoms with van der Waals surface area (Å²) in [4.78, 5) is 13.1. The van der Waals surface area contributed by atoms with Crippen LogP contribution in [0.4, 0.5) is 0 Å². The first-order chi connectivity index (χ1) is 14.1. The van der Waals surface area contributed by atoms with Gasteiger partial charge in [-0.15, -0.1) is 0 Å². The van der Waals surface area contributed by atoms with E-state index in [9.17, 15) is 9.90 Å².